The van der Waals surface area contributed by atoms with Gasteiger partial charge in [-0.2, -0.15) is 0 Å². The molecule has 29 heavy (non-hydrogen) atoms. The first-order chi connectivity index (χ1) is 13.9. The van der Waals surface area contributed by atoms with Gasteiger partial charge in [-0.3, -0.25) is 14.4 Å². The summed E-state index contributed by atoms with van der Waals surface area (Å²) in [5.41, 5.74) is 8.44. The Hall–Kier alpha value is -3.15. The van der Waals surface area contributed by atoms with Gasteiger partial charge in [0, 0.05) is 12.8 Å². The number of carboxylic acid groups (broad SMARTS) is 1. The van der Waals surface area contributed by atoms with E-state index >= 15 is 0 Å². The van der Waals surface area contributed by atoms with E-state index in [9.17, 15) is 14.4 Å². The van der Waals surface area contributed by atoms with Gasteiger partial charge in [-0.1, -0.05) is 54.6 Å². The summed E-state index contributed by atoms with van der Waals surface area (Å²) in [6, 6.07) is 19.0. The molecule has 156 valence electrons. The second-order valence-corrected chi connectivity index (χ2v) is 6.44. The van der Waals surface area contributed by atoms with Crippen molar-refractivity contribution in [1.82, 2.24) is 0 Å². The monoisotopic (exact) mass is 399 g/mol. The molecule has 0 heterocycles. The second-order valence-electron chi connectivity index (χ2n) is 6.44. The number of carbonyl (C=O) groups is 3. The maximum atomic E-state index is 11.2. The zero-order valence-corrected chi connectivity index (χ0v) is 16.8. The molecule has 0 spiro atoms. The highest BCUT2D eigenvalue weighted by molar-refractivity contribution is 5.79. The Balaban J connectivity index is 0.000000447. The molecule has 0 saturated heterocycles. The van der Waals surface area contributed by atoms with Crippen molar-refractivity contribution in [3.8, 4) is 11.1 Å². The topological polar surface area (TPSA) is 107 Å². The van der Waals surface area contributed by atoms with Crippen molar-refractivity contribution in [2.24, 2.45) is 5.73 Å². The van der Waals surface area contributed by atoms with E-state index in [-0.39, 0.29) is 18.8 Å². The lowest BCUT2D eigenvalue weighted by Gasteiger charge is -2.05. The third-order valence-corrected chi connectivity index (χ3v) is 4.05. The Morgan fingerprint density at radius 3 is 2.00 bits per heavy atom. The van der Waals surface area contributed by atoms with Crippen LogP contribution in [0.3, 0.4) is 0 Å². The fourth-order valence-electron chi connectivity index (χ4n) is 2.56. The predicted octanol–water partition coefficient (Wildman–Crippen LogP) is 3.97. The molecule has 0 saturated carbocycles. The van der Waals surface area contributed by atoms with E-state index in [1.54, 1.807) is 0 Å². The summed E-state index contributed by atoms with van der Waals surface area (Å²) in [6.07, 6.45) is 3.19. The number of nitrogens with two attached hydrogens (primary N) is 1. The van der Waals surface area contributed by atoms with Crippen LogP contribution in [0.1, 0.15) is 44.6 Å². The normalized spacial score (nSPS) is 9.83. The van der Waals surface area contributed by atoms with E-state index in [1.165, 1.54) is 16.7 Å². The highest BCUT2D eigenvalue weighted by atomic mass is 16.5. The van der Waals surface area contributed by atoms with Crippen LogP contribution in [0.25, 0.3) is 11.1 Å². The molecule has 0 bridgehead atoms. The van der Waals surface area contributed by atoms with Crippen LogP contribution in [-0.2, 0) is 25.5 Å². The van der Waals surface area contributed by atoms with Crippen molar-refractivity contribution in [1.29, 1.82) is 0 Å². The Kier molecular flexibility index (Phi) is 11.5. The first-order valence-electron chi connectivity index (χ1n) is 9.72. The number of hydrogen-bond acceptors (Lipinski definition) is 4. The first-order valence-corrected chi connectivity index (χ1v) is 9.72. The van der Waals surface area contributed by atoms with Crippen molar-refractivity contribution >= 4 is 17.8 Å². The fraction of sp³-hybridized carbons (Fsp3) is 0.348. The van der Waals surface area contributed by atoms with Gasteiger partial charge in [0.1, 0.15) is 0 Å². The molecule has 0 unspecified atom stereocenters. The molecular weight excluding hydrogens is 370 g/mol. The highest BCUT2D eigenvalue weighted by Gasteiger charge is 2.02. The lowest BCUT2D eigenvalue weighted by Crippen LogP contribution is -2.12. The minimum atomic E-state index is -0.996. The molecule has 0 radical (unpaired) electrons. The molecule has 1 amide bonds. The summed E-state index contributed by atoms with van der Waals surface area (Å²) in [5.74, 6) is -1.66. The number of rotatable bonds is 10. The molecular formula is C23H29NO5. The predicted molar refractivity (Wildman–Crippen MR) is 112 cm³/mol. The lowest BCUT2D eigenvalue weighted by molar-refractivity contribution is -0.143. The molecule has 6 nitrogen and oxygen atoms in total. The van der Waals surface area contributed by atoms with Gasteiger partial charge < -0.3 is 15.6 Å². The van der Waals surface area contributed by atoms with Crippen LogP contribution >= 0.6 is 0 Å². The summed E-state index contributed by atoms with van der Waals surface area (Å²) in [7, 11) is 0. The SMILES string of the molecule is CCOC(=O)CCCCc1ccc(-c2ccccc2)cc1.NC(=O)CCC(=O)O. The number of benzene rings is 2. The Bertz CT molecular complexity index is 743. The van der Waals surface area contributed by atoms with Gasteiger partial charge in [-0.05, 0) is 42.9 Å². The van der Waals surface area contributed by atoms with Crippen LogP contribution in [0, 0.1) is 0 Å². The van der Waals surface area contributed by atoms with E-state index in [0.29, 0.717) is 13.0 Å². The minimum absolute atomic E-state index is 0.0741. The molecule has 6 heteroatoms. The number of esters is 1. The zero-order valence-electron chi connectivity index (χ0n) is 16.8. The summed E-state index contributed by atoms with van der Waals surface area (Å²) in [4.78, 5) is 30.8. The zero-order chi connectivity index (χ0) is 21.5. The van der Waals surface area contributed by atoms with Crippen molar-refractivity contribution in [2.45, 2.75) is 45.4 Å². The van der Waals surface area contributed by atoms with Gasteiger partial charge >= 0.3 is 11.9 Å². The third-order valence-electron chi connectivity index (χ3n) is 4.05. The van der Waals surface area contributed by atoms with Gasteiger partial charge in [-0.15, -0.1) is 0 Å². The number of aliphatic carboxylic acids is 1. The van der Waals surface area contributed by atoms with E-state index in [2.05, 4.69) is 54.3 Å². The maximum absolute atomic E-state index is 11.2. The van der Waals surface area contributed by atoms with E-state index in [1.807, 2.05) is 13.0 Å². The van der Waals surface area contributed by atoms with Gasteiger partial charge in [-0.25, -0.2) is 0 Å². The highest BCUT2D eigenvalue weighted by Crippen LogP contribution is 2.20. The number of aryl methyl sites for hydroxylation is 1. The van der Waals surface area contributed by atoms with Crippen LogP contribution in [-0.4, -0.2) is 29.6 Å². The van der Waals surface area contributed by atoms with Crippen molar-refractivity contribution < 1.29 is 24.2 Å². The standard InChI is InChI=1S/C19H22O2.C4H7NO3/c1-2-21-19(20)11-7-6-8-16-12-14-18(15-13-16)17-9-4-3-5-10-17;5-3(6)1-2-4(7)8/h3-5,9-10,12-15H,2,6-8,11H2,1H3;1-2H2,(H2,5,6)(H,7,8). The largest absolute Gasteiger partial charge is 0.481 e. The van der Waals surface area contributed by atoms with E-state index in [4.69, 9.17) is 9.84 Å². The third kappa shape index (κ3) is 11.3. The van der Waals surface area contributed by atoms with Crippen molar-refractivity contribution in [2.75, 3.05) is 6.61 Å². The van der Waals surface area contributed by atoms with Crippen molar-refractivity contribution in [3.63, 3.8) is 0 Å². The molecule has 0 atom stereocenters. The van der Waals surface area contributed by atoms with Gasteiger partial charge in [0.05, 0.1) is 13.0 Å². The number of carbonyl (C=O) groups excluding carboxylic acids is 2. The fourth-order valence-corrected chi connectivity index (χ4v) is 2.56. The molecule has 0 aliphatic rings. The molecule has 2 rings (SSSR count). The summed E-state index contributed by atoms with van der Waals surface area (Å²) >= 11 is 0. The average molecular weight is 399 g/mol. The molecule has 0 aliphatic carbocycles. The molecule has 0 aromatic heterocycles. The maximum Gasteiger partial charge on any atom is 0.305 e. The van der Waals surface area contributed by atoms with Gasteiger partial charge in [0.15, 0.2) is 0 Å². The Labute approximate surface area is 171 Å². The van der Waals surface area contributed by atoms with Gasteiger partial charge in [0.25, 0.3) is 0 Å². The Morgan fingerprint density at radius 2 is 1.48 bits per heavy atom. The molecule has 0 aliphatic heterocycles. The quantitative estimate of drug-likeness (QED) is 0.464. The van der Waals surface area contributed by atoms with Crippen LogP contribution in [0.5, 0.6) is 0 Å². The Morgan fingerprint density at radius 1 is 0.862 bits per heavy atom. The van der Waals surface area contributed by atoms with Crippen LogP contribution in [0.4, 0.5) is 0 Å². The first kappa shape index (κ1) is 23.9. The summed E-state index contributed by atoms with van der Waals surface area (Å²) in [6.45, 7) is 2.31. The number of primary amides is 1. The molecule has 2 aromatic rings. The van der Waals surface area contributed by atoms with Gasteiger partial charge in [0.2, 0.25) is 5.91 Å². The minimum Gasteiger partial charge on any atom is -0.481 e. The number of hydrogen-bond donors (Lipinski definition) is 2. The summed E-state index contributed by atoms with van der Waals surface area (Å²) in [5, 5.41) is 7.95. The number of carboxylic acids is 1. The van der Waals surface area contributed by atoms with Crippen LogP contribution in [0.2, 0.25) is 0 Å². The van der Waals surface area contributed by atoms with Crippen LogP contribution < -0.4 is 5.73 Å². The molecule has 0 fully saturated rings. The number of amides is 1. The van der Waals surface area contributed by atoms with E-state index < -0.39 is 11.9 Å². The molecule has 2 aromatic carbocycles. The smallest absolute Gasteiger partial charge is 0.305 e. The van der Waals surface area contributed by atoms with E-state index in [0.717, 1.165) is 19.3 Å². The lowest BCUT2D eigenvalue weighted by atomic mass is 10.0. The van der Waals surface area contributed by atoms with Crippen molar-refractivity contribution in [3.05, 3.63) is 60.2 Å². The number of ether oxygens (including phenoxy) is 1. The van der Waals surface area contributed by atoms with Crippen LogP contribution in [0.15, 0.2) is 54.6 Å². The number of unbranched alkanes of at least 4 members (excludes halogenated alkanes) is 1. The summed E-state index contributed by atoms with van der Waals surface area (Å²) < 4.78 is 4.92. The second kappa shape index (κ2) is 13.9. The molecule has 3 N–H and O–H groups in total. The average Bonchev–Trinajstić information content (AvgIpc) is 2.71.